The molecular formula is C28H39N6O8P. The van der Waals surface area contributed by atoms with Gasteiger partial charge in [-0.25, -0.2) is 14.8 Å². The fraction of sp³-hybridized carbons (Fsp3) is 0.536. The number of carbonyl (C=O) groups is 3. The quantitative estimate of drug-likeness (QED) is 0.247. The van der Waals surface area contributed by atoms with Crippen molar-refractivity contribution in [3.8, 4) is 11.4 Å². The number of morpholine rings is 1. The lowest BCUT2D eigenvalue weighted by Gasteiger charge is -2.36. The standard InChI is InChI=1S/C28H39N6O8P/c1-2-3-16-42-28(37)34-12-10-33(11-13-34)27(36)22(9-19-43(38,39)40)30-26(35)23-20-24(32-14-17-41-18-15-32)31-25(29-23)21-7-5-4-6-8-21/h4-8,20,22H,2-3,9-19H2,1H3,(H,30,35)(H2,38,39,40). The maximum atomic E-state index is 13.6. The van der Waals surface area contributed by atoms with Crippen LogP contribution in [0.4, 0.5) is 10.6 Å². The lowest BCUT2D eigenvalue weighted by Crippen LogP contribution is -2.56. The molecule has 1 aromatic carbocycles. The number of amides is 3. The first-order valence-electron chi connectivity index (χ1n) is 14.5. The second-order valence-electron chi connectivity index (χ2n) is 10.4. The number of piperazine rings is 1. The van der Waals surface area contributed by atoms with Crippen molar-refractivity contribution in [3.05, 3.63) is 42.1 Å². The Bertz CT molecular complexity index is 1300. The van der Waals surface area contributed by atoms with Gasteiger partial charge in [-0.3, -0.25) is 14.2 Å². The van der Waals surface area contributed by atoms with Gasteiger partial charge in [0, 0.05) is 50.9 Å². The summed E-state index contributed by atoms with van der Waals surface area (Å²) in [6.07, 6.45) is 0.347. The van der Waals surface area contributed by atoms with Crippen molar-refractivity contribution in [3.63, 3.8) is 0 Å². The first-order valence-corrected chi connectivity index (χ1v) is 16.3. The average molecular weight is 619 g/mol. The van der Waals surface area contributed by atoms with Crippen molar-refractivity contribution >= 4 is 31.3 Å². The molecule has 2 fully saturated rings. The third-order valence-electron chi connectivity index (χ3n) is 7.20. The van der Waals surface area contributed by atoms with Crippen molar-refractivity contribution in [2.24, 2.45) is 0 Å². The van der Waals surface area contributed by atoms with Crippen molar-refractivity contribution < 1.29 is 38.2 Å². The Kier molecular flexibility index (Phi) is 11.5. The third kappa shape index (κ3) is 9.45. The van der Waals surface area contributed by atoms with Crippen molar-refractivity contribution in [1.82, 2.24) is 25.1 Å². The van der Waals surface area contributed by atoms with Gasteiger partial charge >= 0.3 is 13.7 Å². The minimum atomic E-state index is -4.46. The highest BCUT2D eigenvalue weighted by Gasteiger charge is 2.32. The van der Waals surface area contributed by atoms with Crippen molar-refractivity contribution in [2.45, 2.75) is 32.2 Å². The molecule has 0 aliphatic carbocycles. The van der Waals surface area contributed by atoms with E-state index in [0.29, 0.717) is 50.1 Å². The average Bonchev–Trinajstić information content (AvgIpc) is 3.03. The van der Waals surface area contributed by atoms with Gasteiger partial charge in [0.25, 0.3) is 5.91 Å². The van der Waals surface area contributed by atoms with Crippen LogP contribution in [0.15, 0.2) is 36.4 Å². The predicted molar refractivity (Wildman–Crippen MR) is 158 cm³/mol. The number of nitrogens with one attached hydrogen (secondary N) is 1. The lowest BCUT2D eigenvalue weighted by atomic mass is 10.1. The molecule has 0 bridgehead atoms. The normalized spacial score (nSPS) is 16.5. The number of anilines is 1. The highest BCUT2D eigenvalue weighted by molar-refractivity contribution is 7.51. The maximum absolute atomic E-state index is 13.6. The maximum Gasteiger partial charge on any atom is 0.409 e. The zero-order chi connectivity index (χ0) is 30.8. The van der Waals surface area contributed by atoms with E-state index in [2.05, 4.69) is 15.3 Å². The molecule has 3 amide bonds. The Hall–Kier alpha value is -3.58. The number of ether oxygens (including phenoxy) is 2. The van der Waals surface area contributed by atoms with E-state index in [-0.39, 0.29) is 38.3 Å². The van der Waals surface area contributed by atoms with Gasteiger partial charge in [0.2, 0.25) is 5.91 Å². The molecule has 0 radical (unpaired) electrons. The van der Waals surface area contributed by atoms with Crippen LogP contribution in [0, 0.1) is 0 Å². The Balaban J connectivity index is 1.51. The highest BCUT2D eigenvalue weighted by atomic mass is 31.2. The zero-order valence-corrected chi connectivity index (χ0v) is 25.2. The number of benzene rings is 1. The SMILES string of the molecule is CCCCOC(=O)N1CCN(C(=O)C(CCP(=O)(O)O)NC(=O)c2cc(N3CCOCC3)nc(-c3ccccc3)n2)CC1. The Morgan fingerprint density at radius 2 is 1.70 bits per heavy atom. The van der Waals surface area contributed by atoms with Crippen LogP contribution < -0.4 is 10.2 Å². The molecule has 0 spiro atoms. The van der Waals surface area contributed by atoms with Crippen LogP contribution in [0.1, 0.15) is 36.7 Å². The fourth-order valence-electron chi connectivity index (χ4n) is 4.73. The summed E-state index contributed by atoms with van der Waals surface area (Å²) in [4.78, 5) is 72.6. The topological polar surface area (TPSA) is 175 Å². The number of unbranched alkanes of at least 4 members (excludes halogenated alkanes) is 1. The third-order valence-corrected chi connectivity index (χ3v) is 8.04. The molecular weight excluding hydrogens is 579 g/mol. The highest BCUT2D eigenvalue weighted by Crippen LogP contribution is 2.35. The summed E-state index contributed by atoms with van der Waals surface area (Å²) in [5.74, 6) is -0.306. The van der Waals surface area contributed by atoms with Gasteiger partial charge in [-0.1, -0.05) is 43.7 Å². The van der Waals surface area contributed by atoms with E-state index in [9.17, 15) is 28.7 Å². The number of aromatic nitrogens is 2. The molecule has 2 aliphatic rings. The summed E-state index contributed by atoms with van der Waals surface area (Å²) in [5, 5.41) is 2.67. The van der Waals surface area contributed by atoms with Gasteiger partial charge < -0.3 is 39.3 Å². The molecule has 1 unspecified atom stereocenters. The Labute approximate surface area is 250 Å². The second kappa shape index (κ2) is 15.2. The molecule has 234 valence electrons. The van der Waals surface area contributed by atoms with Gasteiger partial charge in [0.15, 0.2) is 5.82 Å². The summed E-state index contributed by atoms with van der Waals surface area (Å²) in [7, 11) is -4.46. The number of rotatable bonds is 11. The number of nitrogens with zero attached hydrogens (tertiary/aromatic N) is 5. The van der Waals surface area contributed by atoms with Gasteiger partial charge in [-0.15, -0.1) is 0 Å². The van der Waals surface area contributed by atoms with Crippen LogP contribution >= 0.6 is 7.60 Å². The van der Waals surface area contributed by atoms with E-state index >= 15 is 0 Å². The fourth-order valence-corrected chi connectivity index (χ4v) is 5.33. The van der Waals surface area contributed by atoms with Crippen LogP contribution in [0.3, 0.4) is 0 Å². The van der Waals surface area contributed by atoms with E-state index in [0.717, 1.165) is 12.8 Å². The molecule has 15 heteroatoms. The van der Waals surface area contributed by atoms with Crippen molar-refractivity contribution in [1.29, 1.82) is 0 Å². The lowest BCUT2D eigenvalue weighted by molar-refractivity contribution is -0.134. The minimum Gasteiger partial charge on any atom is -0.449 e. The number of hydrogen-bond donors (Lipinski definition) is 3. The molecule has 4 rings (SSSR count). The van der Waals surface area contributed by atoms with Gasteiger partial charge in [0.1, 0.15) is 17.6 Å². The van der Waals surface area contributed by atoms with Gasteiger partial charge in [-0.05, 0) is 12.8 Å². The molecule has 2 saturated heterocycles. The van der Waals surface area contributed by atoms with Crippen molar-refractivity contribution in [2.75, 3.05) is 70.2 Å². The van der Waals surface area contributed by atoms with E-state index in [1.165, 1.54) is 9.80 Å². The summed E-state index contributed by atoms with van der Waals surface area (Å²) >= 11 is 0. The van der Waals surface area contributed by atoms with Crippen LogP contribution in [-0.4, -0.2) is 119 Å². The zero-order valence-electron chi connectivity index (χ0n) is 24.3. The second-order valence-corrected chi connectivity index (χ2v) is 12.2. The Morgan fingerprint density at radius 3 is 2.35 bits per heavy atom. The van der Waals surface area contributed by atoms with Crippen LogP contribution in [0.25, 0.3) is 11.4 Å². The van der Waals surface area contributed by atoms with E-state index < -0.39 is 37.7 Å². The van der Waals surface area contributed by atoms with Gasteiger partial charge in [-0.2, -0.15) is 0 Å². The largest absolute Gasteiger partial charge is 0.449 e. The van der Waals surface area contributed by atoms with Crippen LogP contribution in [-0.2, 0) is 18.8 Å². The summed E-state index contributed by atoms with van der Waals surface area (Å²) < 4.78 is 22.4. The molecule has 3 N–H and O–H groups in total. The van der Waals surface area contributed by atoms with Gasteiger partial charge in [0.05, 0.1) is 26.0 Å². The molecule has 1 atom stereocenters. The van der Waals surface area contributed by atoms with Crippen LogP contribution in [0.2, 0.25) is 0 Å². The molecule has 1 aromatic heterocycles. The van der Waals surface area contributed by atoms with Crippen LogP contribution in [0.5, 0.6) is 0 Å². The molecule has 3 heterocycles. The first kappa shape index (κ1) is 32.3. The number of carbonyl (C=O) groups excluding carboxylic acids is 3. The molecule has 0 saturated carbocycles. The summed E-state index contributed by atoms with van der Waals surface area (Å²) in [6.45, 7) is 5.36. The van der Waals surface area contributed by atoms with E-state index in [4.69, 9.17) is 9.47 Å². The van der Waals surface area contributed by atoms with E-state index in [1.54, 1.807) is 6.07 Å². The summed E-state index contributed by atoms with van der Waals surface area (Å²) in [6, 6.07) is 9.50. The van der Waals surface area contributed by atoms with E-state index in [1.807, 2.05) is 42.2 Å². The molecule has 2 aromatic rings. The number of hydrogen-bond acceptors (Lipinski definition) is 9. The smallest absolute Gasteiger partial charge is 0.409 e. The summed E-state index contributed by atoms with van der Waals surface area (Å²) in [5.41, 5.74) is 0.718. The molecule has 43 heavy (non-hydrogen) atoms. The minimum absolute atomic E-state index is 0.0176. The molecule has 2 aliphatic heterocycles. The Morgan fingerprint density at radius 1 is 1.02 bits per heavy atom. The predicted octanol–water partition coefficient (Wildman–Crippen LogP) is 1.73. The monoisotopic (exact) mass is 618 g/mol. The molecule has 14 nitrogen and oxygen atoms in total. The first-order chi connectivity index (χ1) is 20.6.